The van der Waals surface area contributed by atoms with Crippen molar-refractivity contribution in [1.29, 1.82) is 0 Å². The zero-order valence-electron chi connectivity index (χ0n) is 23.3. The van der Waals surface area contributed by atoms with Gasteiger partial charge in [0.1, 0.15) is 31.2 Å². The lowest BCUT2D eigenvalue weighted by atomic mass is 9.43. The third-order valence-corrected chi connectivity index (χ3v) is 12.1. The van der Waals surface area contributed by atoms with Crippen LogP contribution in [0.1, 0.15) is 71.6 Å². The highest BCUT2D eigenvalue weighted by Gasteiger charge is 2.68. The van der Waals surface area contributed by atoms with Gasteiger partial charge in [0.25, 0.3) is 0 Å². The highest BCUT2D eigenvalue weighted by Crippen LogP contribution is 2.69. The van der Waals surface area contributed by atoms with E-state index in [1.807, 2.05) is 0 Å². The molecule has 6 aliphatic rings. The smallest absolute Gasteiger partial charge is 0.331 e. The Morgan fingerprint density at radius 2 is 1.85 bits per heavy atom. The second kappa shape index (κ2) is 9.88. The molecule has 9 nitrogen and oxygen atoms in total. The molecule has 0 aromatic heterocycles. The molecule has 6 rings (SSSR count). The summed E-state index contributed by atoms with van der Waals surface area (Å²) in [5.41, 5.74) is -0.682. The number of carbonyl (C=O) groups is 2. The van der Waals surface area contributed by atoms with E-state index in [1.54, 1.807) is 13.0 Å². The van der Waals surface area contributed by atoms with Crippen molar-refractivity contribution in [2.75, 3.05) is 13.7 Å². The predicted octanol–water partition coefficient (Wildman–Crippen LogP) is 2.29. The summed E-state index contributed by atoms with van der Waals surface area (Å²) < 4.78 is 22.6. The molecule has 13 atom stereocenters. The zero-order valence-corrected chi connectivity index (χ0v) is 23.3. The van der Waals surface area contributed by atoms with Gasteiger partial charge in [-0.05, 0) is 94.0 Å². The first kappa shape index (κ1) is 27.8. The Balaban J connectivity index is 1.18. The number of rotatable bonds is 5. The average Bonchev–Trinajstić information content (AvgIpc) is 3.47. The molecule has 0 amide bonds. The number of fused-ring (bicyclic) bond motifs is 5. The number of aliphatic hydroxyl groups is 3. The van der Waals surface area contributed by atoms with E-state index in [0.717, 1.165) is 37.7 Å². The van der Waals surface area contributed by atoms with E-state index in [1.165, 1.54) is 13.4 Å². The van der Waals surface area contributed by atoms with Crippen LogP contribution in [0.3, 0.4) is 0 Å². The quantitative estimate of drug-likeness (QED) is 0.269. The SMILES string of the molecule is CO[C@@H]1[C@H](O)[C@H](O[C@@H]2CC[C@@]3(C=O)[C@H](CC[C@@H]4[C@@H]3CC[C@]3(C)[C@@H](C5=CC(=O)OC5)CC[C@@]43O)C2)O[C@@H](C)[C@@H]1O. The topological polar surface area (TPSA) is 132 Å². The Bertz CT molecular complexity index is 1010. The lowest BCUT2D eigenvalue weighted by molar-refractivity contribution is -0.312. The van der Waals surface area contributed by atoms with Gasteiger partial charge in [0.2, 0.25) is 0 Å². The Hall–Kier alpha value is -1.36. The Morgan fingerprint density at radius 3 is 2.54 bits per heavy atom. The molecule has 9 heteroatoms. The van der Waals surface area contributed by atoms with E-state index < -0.39 is 41.7 Å². The molecule has 0 bridgehead atoms. The van der Waals surface area contributed by atoms with Crippen LogP contribution < -0.4 is 0 Å². The van der Waals surface area contributed by atoms with Gasteiger partial charge in [-0.2, -0.15) is 0 Å². The van der Waals surface area contributed by atoms with Crippen LogP contribution in [0.15, 0.2) is 11.6 Å². The van der Waals surface area contributed by atoms with Gasteiger partial charge in [0, 0.05) is 24.0 Å². The molecule has 0 unspecified atom stereocenters. The van der Waals surface area contributed by atoms with Crippen LogP contribution in [0, 0.1) is 34.5 Å². The number of carbonyl (C=O) groups excluding carboxylic acids is 2. The molecule has 2 heterocycles. The Labute approximate surface area is 230 Å². The van der Waals surface area contributed by atoms with Gasteiger partial charge in [-0.1, -0.05) is 6.92 Å². The van der Waals surface area contributed by atoms with Crippen molar-refractivity contribution < 1.29 is 43.9 Å². The third-order valence-electron chi connectivity index (χ3n) is 12.1. The monoisotopic (exact) mass is 548 g/mol. The third kappa shape index (κ3) is 4.02. The van der Waals surface area contributed by atoms with Crippen molar-refractivity contribution in [3.63, 3.8) is 0 Å². The molecule has 4 saturated carbocycles. The highest BCUT2D eigenvalue weighted by molar-refractivity contribution is 5.85. The number of esters is 1. The van der Waals surface area contributed by atoms with Crippen LogP contribution in [0.25, 0.3) is 0 Å². The van der Waals surface area contributed by atoms with Crippen molar-refractivity contribution in [1.82, 2.24) is 0 Å². The summed E-state index contributed by atoms with van der Waals surface area (Å²) in [5.74, 6) is 0.152. The Kier molecular flexibility index (Phi) is 7.04. The van der Waals surface area contributed by atoms with Gasteiger partial charge in [-0.3, -0.25) is 0 Å². The Morgan fingerprint density at radius 1 is 1.05 bits per heavy atom. The molecular formula is C30H44O9. The van der Waals surface area contributed by atoms with Crippen molar-refractivity contribution >= 4 is 12.3 Å². The number of methoxy groups -OCH3 is 1. The first-order valence-electron chi connectivity index (χ1n) is 14.8. The van der Waals surface area contributed by atoms with Crippen molar-refractivity contribution in [3.8, 4) is 0 Å². The minimum Gasteiger partial charge on any atom is -0.458 e. The van der Waals surface area contributed by atoms with E-state index in [0.29, 0.717) is 32.3 Å². The van der Waals surface area contributed by atoms with Crippen LogP contribution in [0.4, 0.5) is 0 Å². The maximum absolute atomic E-state index is 13.0. The normalized spacial score (nSPS) is 53.3. The summed E-state index contributed by atoms with van der Waals surface area (Å²) in [6.07, 6.45) is 5.39. The molecule has 2 aliphatic heterocycles. The number of ether oxygens (including phenoxy) is 4. The van der Waals surface area contributed by atoms with E-state index in [9.17, 15) is 24.9 Å². The second-order valence-corrected chi connectivity index (χ2v) is 13.4. The van der Waals surface area contributed by atoms with E-state index in [2.05, 4.69) is 6.92 Å². The molecular weight excluding hydrogens is 504 g/mol. The minimum absolute atomic E-state index is 0.0482. The molecule has 0 aromatic rings. The highest BCUT2D eigenvalue weighted by atomic mass is 16.7. The summed E-state index contributed by atoms with van der Waals surface area (Å²) >= 11 is 0. The van der Waals surface area contributed by atoms with Crippen molar-refractivity contribution in [3.05, 3.63) is 11.6 Å². The van der Waals surface area contributed by atoms with E-state index >= 15 is 0 Å². The van der Waals surface area contributed by atoms with Crippen LogP contribution >= 0.6 is 0 Å². The number of hydrogen-bond acceptors (Lipinski definition) is 9. The average molecular weight is 549 g/mol. The number of aldehydes is 1. The lowest BCUT2D eigenvalue weighted by Crippen LogP contribution is -2.63. The van der Waals surface area contributed by atoms with Gasteiger partial charge in [-0.15, -0.1) is 0 Å². The maximum atomic E-state index is 13.0. The summed E-state index contributed by atoms with van der Waals surface area (Å²) in [4.78, 5) is 24.8. The van der Waals surface area contributed by atoms with Crippen LogP contribution in [0.5, 0.6) is 0 Å². The standard InChI is InChI=1S/C30H44O9/c1-16-24(33)26(36-3)25(34)27(38-16)39-19-6-10-29(15-31)18(13-19)4-5-22-21(29)7-9-28(2)20(8-11-30(22,28)35)17-12-23(32)37-14-17/h12,15-16,18-22,24-27,33-35H,4-11,13-14H2,1-3H3/t16-,18+,19+,20+,21-,22+,24-,25-,26-,27-,28+,29+,30+/m0/s1. The molecule has 1 saturated heterocycles. The van der Waals surface area contributed by atoms with Crippen LogP contribution in [-0.4, -0.2) is 83.7 Å². The zero-order chi connectivity index (χ0) is 27.7. The first-order chi connectivity index (χ1) is 18.6. The van der Waals surface area contributed by atoms with E-state index in [4.69, 9.17) is 18.9 Å². The summed E-state index contributed by atoms with van der Waals surface area (Å²) in [7, 11) is 1.46. The second-order valence-electron chi connectivity index (χ2n) is 13.4. The van der Waals surface area contributed by atoms with Gasteiger partial charge in [-0.25, -0.2) is 4.79 Å². The molecule has 4 aliphatic carbocycles. The molecule has 218 valence electrons. The molecule has 0 radical (unpaired) electrons. The molecule has 0 aromatic carbocycles. The number of hydrogen-bond donors (Lipinski definition) is 3. The fraction of sp³-hybridized carbons (Fsp3) is 0.867. The first-order valence-corrected chi connectivity index (χ1v) is 14.8. The molecule has 5 fully saturated rings. The van der Waals surface area contributed by atoms with Gasteiger partial charge >= 0.3 is 5.97 Å². The van der Waals surface area contributed by atoms with Crippen LogP contribution in [-0.2, 0) is 28.5 Å². The molecule has 0 spiro atoms. The fourth-order valence-electron chi connectivity index (χ4n) is 10.00. The maximum Gasteiger partial charge on any atom is 0.331 e. The van der Waals surface area contributed by atoms with E-state index in [-0.39, 0.29) is 41.2 Å². The lowest BCUT2D eigenvalue weighted by Gasteiger charge is -2.63. The fourth-order valence-corrected chi connectivity index (χ4v) is 10.00. The molecule has 3 N–H and O–H groups in total. The van der Waals surface area contributed by atoms with Gasteiger partial charge < -0.3 is 39.1 Å². The minimum atomic E-state index is -1.11. The largest absolute Gasteiger partial charge is 0.458 e. The predicted molar refractivity (Wildman–Crippen MR) is 138 cm³/mol. The summed E-state index contributed by atoms with van der Waals surface area (Å²) in [5, 5.41) is 33.4. The number of aliphatic hydroxyl groups excluding tert-OH is 2. The van der Waals surface area contributed by atoms with Crippen molar-refractivity contribution in [2.24, 2.45) is 34.5 Å². The van der Waals surface area contributed by atoms with Crippen LogP contribution in [0.2, 0.25) is 0 Å². The van der Waals surface area contributed by atoms with Crippen molar-refractivity contribution in [2.45, 2.75) is 114 Å². The number of cyclic esters (lactones) is 1. The summed E-state index contributed by atoms with van der Waals surface area (Å²) in [6.45, 7) is 4.25. The van der Waals surface area contributed by atoms with Gasteiger partial charge in [0.15, 0.2) is 6.29 Å². The molecule has 39 heavy (non-hydrogen) atoms. The summed E-state index contributed by atoms with van der Waals surface area (Å²) in [6, 6.07) is 0. The van der Waals surface area contributed by atoms with Gasteiger partial charge in [0.05, 0.1) is 17.8 Å².